The number of nitrogens with zero attached hydrogens (tertiary/aromatic N) is 1. The molecule has 1 saturated heterocycles. The lowest BCUT2D eigenvalue weighted by molar-refractivity contribution is -0.118. The molecule has 1 aliphatic heterocycles. The molecule has 1 aromatic carbocycles. The summed E-state index contributed by atoms with van der Waals surface area (Å²) in [5.74, 6) is 0.0514. The van der Waals surface area contributed by atoms with Crippen molar-refractivity contribution in [3.05, 3.63) is 28.2 Å². The van der Waals surface area contributed by atoms with Crippen molar-refractivity contribution in [2.75, 3.05) is 31.5 Å². The van der Waals surface area contributed by atoms with Gasteiger partial charge in [-0.25, -0.2) is 0 Å². The predicted molar refractivity (Wildman–Crippen MR) is 81.4 cm³/mol. The fourth-order valence-corrected chi connectivity index (χ4v) is 2.47. The van der Waals surface area contributed by atoms with Gasteiger partial charge in [-0.05, 0) is 37.6 Å². The van der Waals surface area contributed by atoms with Crippen molar-refractivity contribution in [2.24, 2.45) is 0 Å². The number of carbonyl (C=O) groups excluding carboxylic acids is 1. The summed E-state index contributed by atoms with van der Waals surface area (Å²) in [5, 5.41) is 6.28. The van der Waals surface area contributed by atoms with E-state index in [9.17, 15) is 4.79 Å². The molecule has 1 aliphatic rings. The van der Waals surface area contributed by atoms with E-state index in [-0.39, 0.29) is 5.91 Å². The van der Waals surface area contributed by atoms with E-state index in [0.29, 0.717) is 12.6 Å². The molecule has 1 atom stereocenters. The van der Waals surface area contributed by atoms with Crippen molar-refractivity contribution in [1.82, 2.24) is 10.2 Å². The summed E-state index contributed by atoms with van der Waals surface area (Å²) >= 11 is 3.46. The molecule has 0 aromatic heterocycles. The molecule has 1 fully saturated rings. The van der Waals surface area contributed by atoms with Gasteiger partial charge in [-0.1, -0.05) is 15.9 Å². The lowest BCUT2D eigenvalue weighted by atomic mass is 10.2. The molecular weight excluding hydrogens is 306 g/mol. The van der Waals surface area contributed by atoms with Gasteiger partial charge >= 0.3 is 0 Å². The van der Waals surface area contributed by atoms with Crippen molar-refractivity contribution in [2.45, 2.75) is 19.9 Å². The Morgan fingerprint density at radius 1 is 1.58 bits per heavy atom. The van der Waals surface area contributed by atoms with Crippen LogP contribution in [0.15, 0.2) is 22.7 Å². The number of carbonyl (C=O) groups is 1. The Hall–Kier alpha value is -0.910. The third kappa shape index (κ3) is 4.03. The van der Waals surface area contributed by atoms with Crippen LogP contribution in [0, 0.1) is 6.92 Å². The van der Waals surface area contributed by atoms with Crippen LogP contribution in [-0.4, -0.2) is 43.0 Å². The normalized spacial score (nSPS) is 20.3. The Morgan fingerprint density at radius 2 is 2.37 bits per heavy atom. The summed E-state index contributed by atoms with van der Waals surface area (Å²) in [6.45, 7) is 7.44. The van der Waals surface area contributed by atoms with E-state index in [1.165, 1.54) is 0 Å². The number of piperazine rings is 1. The van der Waals surface area contributed by atoms with E-state index in [1.54, 1.807) is 0 Å². The molecule has 0 spiro atoms. The molecular formula is C14H20BrN3O. The summed E-state index contributed by atoms with van der Waals surface area (Å²) < 4.78 is 1.06. The number of aryl methyl sites for hydroxylation is 1. The number of hydrogen-bond donors (Lipinski definition) is 2. The Bertz CT molecular complexity index is 464. The smallest absolute Gasteiger partial charge is 0.238 e. The highest BCUT2D eigenvalue weighted by Gasteiger charge is 2.20. The Kier molecular flexibility index (Phi) is 4.96. The van der Waals surface area contributed by atoms with Crippen LogP contribution in [0.25, 0.3) is 0 Å². The van der Waals surface area contributed by atoms with Crippen LogP contribution in [0.3, 0.4) is 0 Å². The molecule has 1 amide bonds. The number of anilines is 1. The van der Waals surface area contributed by atoms with Gasteiger partial charge < -0.3 is 10.6 Å². The van der Waals surface area contributed by atoms with Crippen LogP contribution in [0.2, 0.25) is 0 Å². The number of rotatable bonds is 3. The fourth-order valence-electron chi connectivity index (χ4n) is 2.23. The van der Waals surface area contributed by atoms with Crippen molar-refractivity contribution < 1.29 is 4.79 Å². The minimum Gasteiger partial charge on any atom is -0.325 e. The van der Waals surface area contributed by atoms with E-state index in [4.69, 9.17) is 0 Å². The monoisotopic (exact) mass is 325 g/mol. The summed E-state index contributed by atoms with van der Waals surface area (Å²) in [6, 6.07) is 6.25. The first-order valence-electron chi connectivity index (χ1n) is 6.57. The number of amides is 1. The Balaban J connectivity index is 1.91. The summed E-state index contributed by atoms with van der Waals surface area (Å²) in [6.07, 6.45) is 0. The second kappa shape index (κ2) is 6.50. The first kappa shape index (κ1) is 14.5. The van der Waals surface area contributed by atoms with Gasteiger partial charge in [0.25, 0.3) is 0 Å². The largest absolute Gasteiger partial charge is 0.325 e. The lowest BCUT2D eigenvalue weighted by Crippen LogP contribution is -2.51. The maximum atomic E-state index is 12.0. The highest BCUT2D eigenvalue weighted by molar-refractivity contribution is 9.10. The van der Waals surface area contributed by atoms with Crippen LogP contribution in [0.1, 0.15) is 12.5 Å². The highest BCUT2D eigenvalue weighted by Crippen LogP contribution is 2.20. The van der Waals surface area contributed by atoms with Gasteiger partial charge in [0.2, 0.25) is 5.91 Å². The fraction of sp³-hybridized carbons (Fsp3) is 0.500. The minimum atomic E-state index is 0.0514. The molecule has 0 radical (unpaired) electrons. The molecule has 104 valence electrons. The van der Waals surface area contributed by atoms with E-state index >= 15 is 0 Å². The Labute approximate surface area is 122 Å². The number of benzene rings is 1. The van der Waals surface area contributed by atoms with Crippen LogP contribution >= 0.6 is 15.9 Å². The lowest BCUT2D eigenvalue weighted by Gasteiger charge is -2.33. The van der Waals surface area contributed by atoms with E-state index in [0.717, 1.165) is 35.4 Å². The van der Waals surface area contributed by atoms with E-state index in [2.05, 4.69) is 38.4 Å². The number of halogens is 1. The van der Waals surface area contributed by atoms with Gasteiger partial charge in [-0.2, -0.15) is 0 Å². The summed E-state index contributed by atoms with van der Waals surface area (Å²) in [7, 11) is 0. The molecule has 0 saturated carbocycles. The molecule has 2 rings (SSSR count). The number of nitrogens with one attached hydrogen (secondary N) is 2. The van der Waals surface area contributed by atoms with E-state index in [1.807, 2.05) is 25.1 Å². The van der Waals surface area contributed by atoms with Crippen LogP contribution in [-0.2, 0) is 4.79 Å². The zero-order valence-corrected chi connectivity index (χ0v) is 13.0. The molecule has 1 heterocycles. The van der Waals surface area contributed by atoms with Crippen molar-refractivity contribution in [3.8, 4) is 0 Å². The van der Waals surface area contributed by atoms with Crippen LogP contribution < -0.4 is 10.6 Å². The van der Waals surface area contributed by atoms with Crippen molar-refractivity contribution in [1.29, 1.82) is 0 Å². The van der Waals surface area contributed by atoms with Gasteiger partial charge in [0.15, 0.2) is 0 Å². The highest BCUT2D eigenvalue weighted by atomic mass is 79.9. The van der Waals surface area contributed by atoms with Crippen molar-refractivity contribution in [3.63, 3.8) is 0 Å². The van der Waals surface area contributed by atoms with Gasteiger partial charge in [0, 0.05) is 35.8 Å². The molecule has 1 aromatic rings. The number of hydrogen-bond acceptors (Lipinski definition) is 3. The maximum absolute atomic E-state index is 12.0. The quantitative estimate of drug-likeness (QED) is 0.893. The molecule has 0 aliphatic carbocycles. The van der Waals surface area contributed by atoms with Crippen LogP contribution in [0.5, 0.6) is 0 Å². The van der Waals surface area contributed by atoms with Crippen molar-refractivity contribution >= 4 is 27.5 Å². The maximum Gasteiger partial charge on any atom is 0.238 e. The zero-order valence-electron chi connectivity index (χ0n) is 11.4. The third-order valence-electron chi connectivity index (χ3n) is 3.43. The van der Waals surface area contributed by atoms with Gasteiger partial charge in [0.1, 0.15) is 0 Å². The average molecular weight is 326 g/mol. The predicted octanol–water partition coefficient (Wildman–Crippen LogP) is 1.99. The standard InChI is InChI=1S/C14H20BrN3O/c1-10-7-12(3-4-13(10)15)17-14(19)9-18-6-5-16-8-11(18)2/h3-4,7,11,16H,5-6,8-9H2,1-2H3,(H,17,19)/t11-/m1/s1. The zero-order chi connectivity index (χ0) is 13.8. The SMILES string of the molecule is Cc1cc(NC(=O)CN2CCNC[C@H]2C)ccc1Br. The molecule has 0 unspecified atom stereocenters. The third-order valence-corrected chi connectivity index (χ3v) is 4.32. The van der Waals surface area contributed by atoms with Gasteiger partial charge in [-0.3, -0.25) is 9.69 Å². The second-order valence-electron chi connectivity index (χ2n) is 5.04. The first-order chi connectivity index (χ1) is 9.06. The van der Waals surface area contributed by atoms with Gasteiger partial charge in [-0.15, -0.1) is 0 Å². The van der Waals surface area contributed by atoms with E-state index < -0.39 is 0 Å². The topological polar surface area (TPSA) is 44.4 Å². The molecule has 2 N–H and O–H groups in total. The Morgan fingerprint density at radius 3 is 3.05 bits per heavy atom. The summed E-state index contributed by atoms with van der Waals surface area (Å²) in [5.41, 5.74) is 1.97. The van der Waals surface area contributed by atoms with Gasteiger partial charge in [0.05, 0.1) is 6.54 Å². The average Bonchev–Trinajstić information content (AvgIpc) is 2.37. The molecule has 5 heteroatoms. The minimum absolute atomic E-state index is 0.0514. The molecule has 4 nitrogen and oxygen atoms in total. The first-order valence-corrected chi connectivity index (χ1v) is 7.36. The van der Waals surface area contributed by atoms with Crippen LogP contribution in [0.4, 0.5) is 5.69 Å². The second-order valence-corrected chi connectivity index (χ2v) is 5.89. The molecule has 0 bridgehead atoms. The summed E-state index contributed by atoms with van der Waals surface area (Å²) in [4.78, 5) is 14.2. The molecule has 19 heavy (non-hydrogen) atoms.